The van der Waals surface area contributed by atoms with Gasteiger partial charge < -0.3 is 9.15 Å². The van der Waals surface area contributed by atoms with Gasteiger partial charge in [0.25, 0.3) is 5.91 Å². The number of carbonyl (C=O) groups is 1. The average Bonchev–Trinajstić information content (AvgIpc) is 3.29. The number of anilines is 1. The molecule has 0 saturated carbocycles. The van der Waals surface area contributed by atoms with Crippen LogP contribution in [0.1, 0.15) is 5.56 Å². The number of hydrogen-bond acceptors (Lipinski definition) is 5. The Morgan fingerprint density at radius 1 is 1.12 bits per heavy atom. The molecule has 0 atom stereocenters. The summed E-state index contributed by atoms with van der Waals surface area (Å²) in [5.41, 5.74) is 2.55. The van der Waals surface area contributed by atoms with Gasteiger partial charge in [-0.05, 0) is 17.7 Å². The fourth-order valence-electron chi connectivity index (χ4n) is 2.54. The minimum atomic E-state index is -0.230. The molecule has 1 amide bonds. The van der Waals surface area contributed by atoms with Gasteiger partial charge in [0.05, 0.1) is 6.61 Å². The van der Waals surface area contributed by atoms with Gasteiger partial charge in [-0.2, -0.15) is 0 Å². The molecule has 4 rings (SSSR count). The van der Waals surface area contributed by atoms with Crippen molar-refractivity contribution >= 4 is 33.3 Å². The summed E-state index contributed by atoms with van der Waals surface area (Å²) in [5.74, 6) is 0.453. The summed E-state index contributed by atoms with van der Waals surface area (Å²) in [6.07, 6.45) is 0. The molecule has 0 aliphatic rings. The first kappa shape index (κ1) is 16.5. The van der Waals surface area contributed by atoms with E-state index in [0.717, 1.165) is 16.5 Å². The highest BCUT2D eigenvalue weighted by atomic mass is 32.1. The number of nitrogens with zero attached hydrogens (tertiary/aromatic N) is 1. The number of carbonyl (C=O) groups excluding carboxylic acids is 1. The van der Waals surface area contributed by atoms with Crippen LogP contribution in [0, 0.1) is 0 Å². The molecular weight excluding hydrogens is 348 g/mol. The van der Waals surface area contributed by atoms with Crippen LogP contribution in [0.15, 0.2) is 70.5 Å². The lowest BCUT2D eigenvalue weighted by molar-refractivity contribution is -0.121. The summed E-state index contributed by atoms with van der Waals surface area (Å²) in [7, 11) is 0. The van der Waals surface area contributed by atoms with Crippen LogP contribution in [-0.4, -0.2) is 17.5 Å². The first-order valence-electron chi connectivity index (χ1n) is 8.14. The van der Waals surface area contributed by atoms with E-state index in [1.165, 1.54) is 11.3 Å². The molecule has 4 aromatic rings. The highest BCUT2D eigenvalue weighted by molar-refractivity contribution is 7.14. The van der Waals surface area contributed by atoms with E-state index >= 15 is 0 Å². The minimum Gasteiger partial charge on any atom is -0.454 e. The third-order valence-corrected chi connectivity index (χ3v) is 4.53. The van der Waals surface area contributed by atoms with Gasteiger partial charge in [-0.25, -0.2) is 4.98 Å². The van der Waals surface area contributed by atoms with Crippen molar-refractivity contribution < 1.29 is 13.9 Å². The molecule has 0 aliphatic heterocycles. The van der Waals surface area contributed by atoms with Crippen molar-refractivity contribution in [3.63, 3.8) is 0 Å². The van der Waals surface area contributed by atoms with Crippen LogP contribution in [-0.2, 0) is 16.1 Å². The summed E-state index contributed by atoms with van der Waals surface area (Å²) in [4.78, 5) is 16.4. The monoisotopic (exact) mass is 364 g/mol. The fraction of sp³-hybridized carbons (Fsp3) is 0.100. The number of nitrogens with one attached hydrogen (secondary N) is 1. The number of furan rings is 1. The third kappa shape index (κ3) is 3.82. The SMILES string of the molecule is O=C(COCc1ccccc1)Nc1nc(-c2cc3ccccc3o2)cs1. The zero-order chi connectivity index (χ0) is 17.8. The minimum absolute atomic E-state index is 0.0194. The predicted octanol–water partition coefficient (Wildman–Crippen LogP) is 4.71. The Morgan fingerprint density at radius 3 is 2.77 bits per heavy atom. The molecule has 2 aromatic carbocycles. The standard InChI is InChI=1S/C20H16N2O3S/c23-19(12-24-11-14-6-2-1-3-7-14)22-20-21-16(13-26-20)18-10-15-8-4-5-9-17(15)25-18/h1-10,13H,11-12H2,(H,21,22,23). The van der Waals surface area contributed by atoms with E-state index in [2.05, 4.69) is 10.3 Å². The number of thiazole rings is 1. The molecule has 0 unspecified atom stereocenters. The second-order valence-electron chi connectivity index (χ2n) is 5.71. The van der Waals surface area contributed by atoms with Crippen LogP contribution in [0.4, 0.5) is 5.13 Å². The summed E-state index contributed by atoms with van der Waals surface area (Å²) in [5, 5.41) is 6.16. The van der Waals surface area contributed by atoms with Crippen LogP contribution in [0.3, 0.4) is 0 Å². The van der Waals surface area contributed by atoms with Crippen molar-refractivity contribution in [2.45, 2.75) is 6.61 Å². The molecule has 26 heavy (non-hydrogen) atoms. The van der Waals surface area contributed by atoms with Gasteiger partial charge >= 0.3 is 0 Å². The number of amides is 1. The van der Waals surface area contributed by atoms with E-state index in [1.54, 1.807) is 0 Å². The Bertz CT molecular complexity index is 991. The van der Waals surface area contributed by atoms with E-state index in [0.29, 0.717) is 23.2 Å². The van der Waals surface area contributed by atoms with Crippen molar-refractivity contribution in [1.29, 1.82) is 0 Å². The molecule has 1 N–H and O–H groups in total. The van der Waals surface area contributed by atoms with E-state index in [-0.39, 0.29) is 12.5 Å². The smallest absolute Gasteiger partial charge is 0.252 e. The van der Waals surface area contributed by atoms with E-state index in [4.69, 9.17) is 9.15 Å². The van der Waals surface area contributed by atoms with Crippen molar-refractivity contribution in [3.05, 3.63) is 71.6 Å². The highest BCUT2D eigenvalue weighted by Crippen LogP contribution is 2.30. The summed E-state index contributed by atoms with van der Waals surface area (Å²) in [6, 6.07) is 19.5. The first-order chi connectivity index (χ1) is 12.8. The molecule has 2 heterocycles. The Morgan fingerprint density at radius 2 is 1.92 bits per heavy atom. The lowest BCUT2D eigenvalue weighted by atomic mass is 10.2. The summed E-state index contributed by atoms with van der Waals surface area (Å²) >= 11 is 1.35. The zero-order valence-electron chi connectivity index (χ0n) is 13.8. The maximum absolute atomic E-state index is 12.0. The second kappa shape index (κ2) is 7.51. The van der Waals surface area contributed by atoms with Gasteiger partial charge in [-0.15, -0.1) is 11.3 Å². The molecule has 5 nitrogen and oxygen atoms in total. The molecule has 0 spiro atoms. The molecule has 0 radical (unpaired) electrons. The number of ether oxygens (including phenoxy) is 1. The van der Waals surface area contributed by atoms with Gasteiger partial charge in [0, 0.05) is 10.8 Å². The largest absolute Gasteiger partial charge is 0.454 e. The summed E-state index contributed by atoms with van der Waals surface area (Å²) in [6.45, 7) is 0.380. The van der Waals surface area contributed by atoms with Crippen LogP contribution in [0.5, 0.6) is 0 Å². The molecular formula is C20H16N2O3S. The number of para-hydroxylation sites is 1. The van der Waals surface area contributed by atoms with Gasteiger partial charge in [-0.1, -0.05) is 48.5 Å². The Hall–Kier alpha value is -2.96. The van der Waals surface area contributed by atoms with Crippen molar-refractivity contribution in [2.75, 3.05) is 11.9 Å². The molecule has 6 heteroatoms. The first-order valence-corrected chi connectivity index (χ1v) is 9.02. The van der Waals surface area contributed by atoms with Gasteiger partial charge in [0.2, 0.25) is 0 Å². The molecule has 130 valence electrons. The maximum Gasteiger partial charge on any atom is 0.252 e. The molecule has 2 aromatic heterocycles. The third-order valence-electron chi connectivity index (χ3n) is 3.77. The predicted molar refractivity (Wildman–Crippen MR) is 102 cm³/mol. The van der Waals surface area contributed by atoms with E-state index in [9.17, 15) is 4.79 Å². The van der Waals surface area contributed by atoms with Gasteiger partial charge in [-0.3, -0.25) is 10.1 Å². The average molecular weight is 364 g/mol. The number of hydrogen-bond donors (Lipinski definition) is 1. The Balaban J connectivity index is 1.35. The molecule has 0 saturated heterocycles. The normalized spacial score (nSPS) is 10.9. The zero-order valence-corrected chi connectivity index (χ0v) is 14.7. The van der Waals surface area contributed by atoms with Crippen LogP contribution >= 0.6 is 11.3 Å². The maximum atomic E-state index is 12.0. The second-order valence-corrected chi connectivity index (χ2v) is 6.57. The lowest BCUT2D eigenvalue weighted by Gasteiger charge is -2.04. The van der Waals surface area contributed by atoms with Gasteiger partial charge in [0.15, 0.2) is 10.9 Å². The lowest BCUT2D eigenvalue weighted by Crippen LogP contribution is -2.18. The fourth-order valence-corrected chi connectivity index (χ4v) is 3.26. The number of rotatable bonds is 6. The Labute approximate surface area is 154 Å². The topological polar surface area (TPSA) is 64.4 Å². The molecule has 0 aliphatic carbocycles. The van der Waals surface area contributed by atoms with Crippen molar-refractivity contribution in [3.8, 4) is 11.5 Å². The highest BCUT2D eigenvalue weighted by Gasteiger charge is 2.12. The van der Waals surface area contributed by atoms with E-state index in [1.807, 2.05) is 66.0 Å². The molecule has 0 fully saturated rings. The number of aromatic nitrogens is 1. The van der Waals surface area contributed by atoms with Crippen molar-refractivity contribution in [2.24, 2.45) is 0 Å². The van der Waals surface area contributed by atoms with Crippen LogP contribution in [0.25, 0.3) is 22.4 Å². The van der Waals surface area contributed by atoms with Crippen LogP contribution in [0.2, 0.25) is 0 Å². The van der Waals surface area contributed by atoms with Gasteiger partial charge in [0.1, 0.15) is 17.9 Å². The quantitative estimate of drug-likeness (QED) is 0.538. The number of benzene rings is 2. The summed E-state index contributed by atoms with van der Waals surface area (Å²) < 4.78 is 11.2. The van der Waals surface area contributed by atoms with Crippen molar-refractivity contribution in [1.82, 2.24) is 4.98 Å². The number of fused-ring (bicyclic) bond motifs is 1. The van der Waals surface area contributed by atoms with E-state index < -0.39 is 0 Å². The molecule has 0 bridgehead atoms. The Kier molecular flexibility index (Phi) is 4.77. The van der Waals surface area contributed by atoms with Crippen LogP contribution < -0.4 is 5.32 Å².